The molecule has 0 saturated carbocycles. The number of carbonyl (C=O) groups excluding carboxylic acids is 4. The first-order valence-electron chi connectivity index (χ1n) is 8.17. The number of hydrogen-bond acceptors (Lipinski definition) is 8. The third-order valence-electron chi connectivity index (χ3n) is 3.62. The quantitative estimate of drug-likeness (QED) is 0.385. The number of hydrogen-bond donors (Lipinski definition) is 1. The lowest BCUT2D eigenvalue weighted by molar-refractivity contribution is -0.223. The average Bonchev–Trinajstić information content (AvgIpc) is 2.50. The second kappa shape index (κ2) is 9.91. The molecule has 146 valence electrons. The van der Waals surface area contributed by atoms with Crippen LogP contribution in [0.4, 0.5) is 0 Å². The average molecular weight is 371 g/mol. The number of ether oxygens (including phenoxy) is 4. The Morgan fingerprint density at radius 1 is 0.962 bits per heavy atom. The number of amides is 1. The van der Waals surface area contributed by atoms with Crippen molar-refractivity contribution >= 4 is 23.8 Å². The Labute approximate surface area is 152 Å². The highest BCUT2D eigenvalue weighted by Crippen LogP contribution is 2.28. The molecule has 1 heterocycles. The van der Waals surface area contributed by atoms with Gasteiger partial charge in [0.2, 0.25) is 5.91 Å². The summed E-state index contributed by atoms with van der Waals surface area (Å²) in [7, 11) is 0. The van der Waals surface area contributed by atoms with E-state index < -0.39 is 48.4 Å². The van der Waals surface area contributed by atoms with Crippen LogP contribution < -0.4 is 5.32 Å². The van der Waals surface area contributed by atoms with Crippen LogP contribution in [-0.2, 0) is 38.1 Å². The Morgan fingerprint density at radius 2 is 1.54 bits per heavy atom. The maximum absolute atomic E-state index is 11.6. The molecule has 3 unspecified atom stereocenters. The van der Waals surface area contributed by atoms with Crippen LogP contribution in [0.5, 0.6) is 0 Å². The van der Waals surface area contributed by atoms with E-state index in [-0.39, 0.29) is 12.5 Å². The van der Waals surface area contributed by atoms with E-state index in [0.29, 0.717) is 6.42 Å². The summed E-state index contributed by atoms with van der Waals surface area (Å²) in [6, 6.07) is -0.771. The molecule has 1 N–H and O–H groups in total. The smallest absolute Gasteiger partial charge is 0.303 e. The van der Waals surface area contributed by atoms with Crippen molar-refractivity contribution in [2.75, 3.05) is 6.61 Å². The molecular weight excluding hydrogens is 346 g/mol. The first kappa shape index (κ1) is 21.6. The van der Waals surface area contributed by atoms with Crippen molar-refractivity contribution in [3.63, 3.8) is 0 Å². The van der Waals surface area contributed by atoms with Crippen LogP contribution in [0, 0.1) is 0 Å². The highest BCUT2D eigenvalue weighted by atomic mass is 16.6. The molecule has 1 fully saturated rings. The molecule has 0 aromatic heterocycles. The summed E-state index contributed by atoms with van der Waals surface area (Å²) >= 11 is 0. The number of carbonyl (C=O) groups is 4. The largest absolute Gasteiger partial charge is 0.463 e. The van der Waals surface area contributed by atoms with Crippen LogP contribution in [0.1, 0.15) is 34.1 Å². The minimum Gasteiger partial charge on any atom is -0.463 e. The molecule has 9 nitrogen and oxygen atoms in total. The Morgan fingerprint density at radius 3 is 2.00 bits per heavy atom. The highest BCUT2D eigenvalue weighted by Gasteiger charge is 2.50. The van der Waals surface area contributed by atoms with E-state index in [1.165, 1.54) is 27.7 Å². The zero-order chi connectivity index (χ0) is 19.9. The lowest BCUT2D eigenvalue weighted by atomic mass is 9.90. The highest BCUT2D eigenvalue weighted by molar-refractivity contribution is 5.73. The predicted octanol–water partition coefficient (Wildman–Crippen LogP) is 0.261. The summed E-state index contributed by atoms with van der Waals surface area (Å²) in [6.45, 7) is 8.38. The standard InChI is InChI=1S/C17H25NO8/c1-6-7-13-15(18-9(2)19)17(25-12(5)22)16(24-11(4)21)14(26-13)8-23-10(3)20/h6,13-17H,1,7-8H2,2-5H3,(H,18,19)/t13-,14?,15?,16-,17?/m1/s1. The monoisotopic (exact) mass is 371 g/mol. The zero-order valence-electron chi connectivity index (χ0n) is 15.4. The number of esters is 3. The topological polar surface area (TPSA) is 117 Å². The molecule has 0 aromatic rings. The first-order chi connectivity index (χ1) is 12.1. The summed E-state index contributed by atoms with van der Waals surface area (Å²) in [4.78, 5) is 45.9. The van der Waals surface area contributed by atoms with Crippen LogP contribution in [-0.4, -0.2) is 60.9 Å². The lowest BCUT2D eigenvalue weighted by Crippen LogP contribution is -2.66. The molecule has 5 atom stereocenters. The van der Waals surface area contributed by atoms with Gasteiger partial charge in [-0.15, -0.1) is 6.58 Å². The molecule has 9 heteroatoms. The fourth-order valence-electron chi connectivity index (χ4n) is 2.79. The van der Waals surface area contributed by atoms with E-state index in [9.17, 15) is 19.2 Å². The summed E-state index contributed by atoms with van der Waals surface area (Å²) in [5, 5.41) is 2.67. The van der Waals surface area contributed by atoms with Crippen LogP contribution in [0.2, 0.25) is 0 Å². The Hall–Kier alpha value is -2.42. The van der Waals surface area contributed by atoms with Gasteiger partial charge in [-0.2, -0.15) is 0 Å². The maximum atomic E-state index is 11.6. The van der Waals surface area contributed by atoms with Gasteiger partial charge in [0, 0.05) is 27.7 Å². The zero-order valence-corrected chi connectivity index (χ0v) is 15.4. The molecule has 0 aromatic carbocycles. The summed E-state index contributed by atoms with van der Waals surface area (Å²) in [5.41, 5.74) is 0. The van der Waals surface area contributed by atoms with Crippen molar-refractivity contribution in [3.8, 4) is 0 Å². The predicted molar refractivity (Wildman–Crippen MR) is 88.8 cm³/mol. The number of rotatable bonds is 7. The molecule has 1 aliphatic rings. The number of nitrogens with one attached hydrogen (secondary N) is 1. The van der Waals surface area contributed by atoms with E-state index in [4.69, 9.17) is 18.9 Å². The van der Waals surface area contributed by atoms with Crippen LogP contribution >= 0.6 is 0 Å². The Balaban J connectivity index is 3.24. The van der Waals surface area contributed by atoms with Gasteiger partial charge < -0.3 is 24.3 Å². The van der Waals surface area contributed by atoms with E-state index >= 15 is 0 Å². The van der Waals surface area contributed by atoms with Gasteiger partial charge in [-0.3, -0.25) is 19.2 Å². The van der Waals surface area contributed by atoms with Gasteiger partial charge in [0.05, 0.1) is 12.1 Å². The molecular formula is C17H25NO8. The molecule has 1 aliphatic heterocycles. The molecule has 1 saturated heterocycles. The SMILES string of the molecule is C=CC[C@H]1OC(COC(C)=O)[C@@H](OC(C)=O)C(OC(C)=O)C1NC(C)=O. The van der Waals surface area contributed by atoms with Gasteiger partial charge in [-0.05, 0) is 6.42 Å². The summed E-state index contributed by atoms with van der Waals surface area (Å²) < 4.78 is 21.5. The van der Waals surface area contributed by atoms with E-state index in [1.807, 2.05) is 0 Å². The minimum atomic E-state index is -1.06. The van der Waals surface area contributed by atoms with Gasteiger partial charge in [0.1, 0.15) is 12.7 Å². The third-order valence-corrected chi connectivity index (χ3v) is 3.62. The van der Waals surface area contributed by atoms with E-state index in [0.717, 1.165) is 0 Å². The molecule has 1 rings (SSSR count). The van der Waals surface area contributed by atoms with Gasteiger partial charge in [0.25, 0.3) is 0 Å². The van der Waals surface area contributed by atoms with Crippen molar-refractivity contribution in [1.29, 1.82) is 0 Å². The van der Waals surface area contributed by atoms with Crippen LogP contribution in [0.25, 0.3) is 0 Å². The van der Waals surface area contributed by atoms with Crippen LogP contribution in [0.3, 0.4) is 0 Å². The normalized spacial score (nSPS) is 27.8. The molecule has 26 heavy (non-hydrogen) atoms. The van der Waals surface area contributed by atoms with E-state index in [2.05, 4.69) is 11.9 Å². The second-order valence-corrected chi connectivity index (χ2v) is 5.91. The van der Waals surface area contributed by atoms with Crippen molar-refractivity contribution < 1.29 is 38.1 Å². The van der Waals surface area contributed by atoms with Crippen molar-refractivity contribution in [3.05, 3.63) is 12.7 Å². The Bertz CT molecular complexity index is 561. The van der Waals surface area contributed by atoms with Gasteiger partial charge in [-0.25, -0.2) is 0 Å². The fourth-order valence-corrected chi connectivity index (χ4v) is 2.79. The van der Waals surface area contributed by atoms with Gasteiger partial charge in [0.15, 0.2) is 12.2 Å². The Kier molecular flexibility index (Phi) is 8.24. The maximum Gasteiger partial charge on any atom is 0.303 e. The fraction of sp³-hybridized carbons (Fsp3) is 0.647. The van der Waals surface area contributed by atoms with Gasteiger partial charge in [-0.1, -0.05) is 6.08 Å². The summed E-state index contributed by atoms with van der Waals surface area (Å²) in [6.07, 6.45) is -1.66. The molecule has 0 aliphatic carbocycles. The van der Waals surface area contributed by atoms with Crippen LogP contribution in [0.15, 0.2) is 12.7 Å². The lowest BCUT2D eigenvalue weighted by Gasteiger charge is -2.45. The molecule has 0 bridgehead atoms. The van der Waals surface area contributed by atoms with Crippen molar-refractivity contribution in [2.45, 2.75) is 64.6 Å². The van der Waals surface area contributed by atoms with Crippen molar-refractivity contribution in [1.82, 2.24) is 5.32 Å². The molecule has 0 radical (unpaired) electrons. The second-order valence-electron chi connectivity index (χ2n) is 5.91. The van der Waals surface area contributed by atoms with Crippen molar-refractivity contribution in [2.24, 2.45) is 0 Å². The van der Waals surface area contributed by atoms with E-state index in [1.54, 1.807) is 6.08 Å². The first-order valence-corrected chi connectivity index (χ1v) is 8.17. The minimum absolute atomic E-state index is 0.203. The molecule has 1 amide bonds. The third kappa shape index (κ3) is 6.47. The molecule has 0 spiro atoms. The van der Waals surface area contributed by atoms with Gasteiger partial charge >= 0.3 is 17.9 Å². The summed E-state index contributed by atoms with van der Waals surface area (Å²) in [5.74, 6) is -2.16.